The summed E-state index contributed by atoms with van der Waals surface area (Å²) in [6.45, 7) is 2.96. The minimum absolute atomic E-state index is 0.833. The second-order valence-corrected chi connectivity index (χ2v) is 5.03. The van der Waals surface area contributed by atoms with E-state index in [1.807, 2.05) is 0 Å². The lowest BCUT2D eigenvalue weighted by Crippen LogP contribution is -2.74. The van der Waals surface area contributed by atoms with Gasteiger partial charge in [-0.2, -0.15) is 74.6 Å². The highest BCUT2D eigenvalue weighted by molar-refractivity contribution is 5.78. The van der Waals surface area contributed by atoms with Gasteiger partial charge in [-0.05, 0) is 0 Å². The van der Waals surface area contributed by atoms with Gasteiger partial charge in [0.25, 0.3) is 0 Å². The normalized spacial score (nSPS) is 15.2. The van der Waals surface area contributed by atoms with E-state index in [1.165, 1.54) is 0 Å². The monoisotopic (exact) mass is 508 g/mol. The molecule has 0 aliphatic heterocycles. The van der Waals surface area contributed by atoms with E-state index < -0.39 is 53.8 Å². The first-order valence-corrected chi connectivity index (χ1v) is 6.31. The smallest absolute Gasteiger partial charge is 0.460 e. The van der Waals surface area contributed by atoms with Gasteiger partial charge in [-0.15, -0.1) is 0 Å². The van der Waals surface area contributed by atoms with E-state index in [0.717, 1.165) is 6.08 Å². The maximum absolute atomic E-state index is 12.8. The number of alkyl halides is 17. The van der Waals surface area contributed by atoms with Crippen molar-refractivity contribution < 1.29 is 89.6 Å². The SMILES string of the molecule is C=CC(=O)O.OC(F)(F)C(F)(F)C(F)(F)C(F)(F)C(F)(F)C(F)(F)C(F)(F)C(F)(F)F. The van der Waals surface area contributed by atoms with Crippen molar-refractivity contribution in [2.24, 2.45) is 0 Å². The Hall–Kier alpha value is -2.02. The number of carbonyl (C=O) groups is 1. The fraction of sp³-hybridized carbons (Fsp3) is 0.727. The Bertz CT molecular complexity index is 609. The zero-order chi connectivity index (χ0) is 26.3. The van der Waals surface area contributed by atoms with Gasteiger partial charge in [0.2, 0.25) is 0 Å². The lowest BCUT2D eigenvalue weighted by molar-refractivity contribution is -0.474. The summed E-state index contributed by atoms with van der Waals surface area (Å²) in [6.07, 6.45) is -14.3. The average Bonchev–Trinajstić information content (AvgIpc) is 2.52. The van der Waals surface area contributed by atoms with E-state index in [4.69, 9.17) is 10.2 Å². The number of hydrogen-bond donors (Lipinski definition) is 2. The molecule has 0 spiro atoms. The number of halogens is 17. The average molecular weight is 508 g/mol. The quantitative estimate of drug-likeness (QED) is 0.367. The van der Waals surface area contributed by atoms with E-state index >= 15 is 0 Å². The summed E-state index contributed by atoms with van der Waals surface area (Å²) < 4.78 is 210. The van der Waals surface area contributed by atoms with Crippen LogP contribution < -0.4 is 0 Å². The minimum atomic E-state index is -8.67. The highest BCUT2D eigenvalue weighted by Crippen LogP contribution is 2.63. The molecular formula is C11H5F17O3. The van der Waals surface area contributed by atoms with Crippen LogP contribution in [0.15, 0.2) is 12.7 Å². The topological polar surface area (TPSA) is 57.5 Å². The number of aliphatic hydroxyl groups is 1. The van der Waals surface area contributed by atoms with Crippen molar-refractivity contribution in [3.8, 4) is 0 Å². The molecule has 186 valence electrons. The molecule has 0 aromatic rings. The van der Waals surface area contributed by atoms with Crippen molar-refractivity contribution in [3.05, 3.63) is 12.7 Å². The van der Waals surface area contributed by atoms with Crippen molar-refractivity contribution in [1.29, 1.82) is 0 Å². The van der Waals surface area contributed by atoms with E-state index in [0.29, 0.717) is 0 Å². The minimum Gasteiger partial charge on any atom is -0.478 e. The molecule has 0 aromatic carbocycles. The van der Waals surface area contributed by atoms with Gasteiger partial charge in [0, 0.05) is 6.08 Å². The summed E-state index contributed by atoms with van der Waals surface area (Å²) in [4.78, 5) is 9.25. The maximum Gasteiger partial charge on any atom is 0.460 e. The third-order valence-corrected chi connectivity index (χ3v) is 2.88. The largest absolute Gasteiger partial charge is 0.478 e. The molecule has 0 heterocycles. The molecule has 0 radical (unpaired) electrons. The van der Waals surface area contributed by atoms with Crippen molar-refractivity contribution in [3.63, 3.8) is 0 Å². The Balaban J connectivity index is 0. The number of rotatable bonds is 7. The molecule has 0 saturated heterocycles. The molecule has 0 atom stereocenters. The van der Waals surface area contributed by atoms with Crippen molar-refractivity contribution >= 4 is 5.97 Å². The second kappa shape index (κ2) is 8.15. The van der Waals surface area contributed by atoms with Gasteiger partial charge >= 0.3 is 53.8 Å². The Morgan fingerprint density at radius 1 is 0.548 bits per heavy atom. The summed E-state index contributed by atoms with van der Waals surface area (Å²) >= 11 is 0. The zero-order valence-corrected chi connectivity index (χ0v) is 13.5. The summed E-state index contributed by atoms with van der Waals surface area (Å²) in [5.74, 6) is -51.5. The summed E-state index contributed by atoms with van der Waals surface area (Å²) in [5.41, 5.74) is 0. The van der Waals surface area contributed by atoms with E-state index in [2.05, 4.69) is 6.58 Å². The molecule has 0 fully saturated rings. The lowest BCUT2D eigenvalue weighted by atomic mass is 9.91. The van der Waals surface area contributed by atoms with Gasteiger partial charge in [-0.3, -0.25) is 0 Å². The maximum atomic E-state index is 12.8. The third kappa shape index (κ3) is 4.76. The first kappa shape index (κ1) is 31.2. The Labute approximate surface area is 157 Å². The molecule has 0 unspecified atom stereocenters. The van der Waals surface area contributed by atoms with Crippen LogP contribution >= 0.6 is 0 Å². The predicted molar refractivity (Wildman–Crippen MR) is 60.7 cm³/mol. The first-order chi connectivity index (χ1) is 13.0. The molecule has 0 saturated carbocycles. The van der Waals surface area contributed by atoms with E-state index in [1.54, 1.807) is 0 Å². The Morgan fingerprint density at radius 3 is 0.903 bits per heavy atom. The molecule has 31 heavy (non-hydrogen) atoms. The van der Waals surface area contributed by atoms with Crippen LogP contribution in [0.1, 0.15) is 0 Å². The number of carboxylic acid groups (broad SMARTS) is 1. The second-order valence-electron chi connectivity index (χ2n) is 5.03. The lowest BCUT2D eigenvalue weighted by Gasteiger charge is -2.41. The Morgan fingerprint density at radius 2 is 0.742 bits per heavy atom. The van der Waals surface area contributed by atoms with Crippen molar-refractivity contribution in [2.45, 2.75) is 47.8 Å². The van der Waals surface area contributed by atoms with Crippen LogP contribution in [-0.4, -0.2) is 64.0 Å². The van der Waals surface area contributed by atoms with Crippen LogP contribution in [0.2, 0.25) is 0 Å². The first-order valence-electron chi connectivity index (χ1n) is 6.31. The van der Waals surface area contributed by atoms with Crippen molar-refractivity contribution in [2.75, 3.05) is 0 Å². The van der Waals surface area contributed by atoms with Crippen LogP contribution in [0.5, 0.6) is 0 Å². The number of aliphatic carboxylic acids is 1. The Kier molecular flexibility index (Phi) is 8.20. The molecule has 3 nitrogen and oxygen atoms in total. The van der Waals surface area contributed by atoms with Crippen LogP contribution in [0.3, 0.4) is 0 Å². The van der Waals surface area contributed by atoms with E-state index in [9.17, 15) is 79.4 Å². The van der Waals surface area contributed by atoms with E-state index in [-0.39, 0.29) is 0 Å². The highest BCUT2D eigenvalue weighted by atomic mass is 19.4. The fourth-order valence-corrected chi connectivity index (χ4v) is 1.16. The van der Waals surface area contributed by atoms with Crippen LogP contribution in [-0.2, 0) is 4.79 Å². The molecule has 0 rings (SSSR count). The molecular weight excluding hydrogens is 503 g/mol. The van der Waals surface area contributed by atoms with Crippen LogP contribution in [0.25, 0.3) is 0 Å². The molecule has 0 aliphatic rings. The predicted octanol–water partition coefficient (Wildman–Crippen LogP) is 5.20. The van der Waals surface area contributed by atoms with Gasteiger partial charge in [-0.1, -0.05) is 6.58 Å². The third-order valence-electron chi connectivity index (χ3n) is 2.88. The van der Waals surface area contributed by atoms with Gasteiger partial charge in [0.05, 0.1) is 0 Å². The highest BCUT2D eigenvalue weighted by Gasteiger charge is 2.95. The number of carboxylic acids is 1. The van der Waals surface area contributed by atoms with Crippen LogP contribution in [0, 0.1) is 0 Å². The van der Waals surface area contributed by atoms with Crippen LogP contribution in [0.4, 0.5) is 74.6 Å². The molecule has 0 amide bonds. The summed E-state index contributed by atoms with van der Waals surface area (Å²) in [5, 5.41) is 14.9. The molecule has 20 heteroatoms. The summed E-state index contributed by atoms with van der Waals surface area (Å²) in [7, 11) is 0. The van der Waals surface area contributed by atoms with Gasteiger partial charge in [-0.25, -0.2) is 4.79 Å². The van der Waals surface area contributed by atoms with Gasteiger partial charge < -0.3 is 10.2 Å². The molecule has 0 bridgehead atoms. The molecule has 2 N–H and O–H groups in total. The van der Waals surface area contributed by atoms with Crippen molar-refractivity contribution in [1.82, 2.24) is 0 Å². The fourth-order valence-electron chi connectivity index (χ4n) is 1.16. The van der Waals surface area contributed by atoms with Gasteiger partial charge in [0.15, 0.2) is 0 Å². The molecule has 0 aliphatic carbocycles. The zero-order valence-electron chi connectivity index (χ0n) is 13.5. The van der Waals surface area contributed by atoms with Gasteiger partial charge in [0.1, 0.15) is 0 Å². The standard InChI is InChI=1S/C8HF17O.C3H4O2/c9-1(10,3(13,14)5(17,18)7(21,22)23)2(11,12)4(15,16)6(19,20)8(24,25)26;1-2-3(4)5/h26H;2H,1H2,(H,4,5). The number of hydrogen-bond acceptors (Lipinski definition) is 2. The molecule has 0 aromatic heterocycles. The summed E-state index contributed by atoms with van der Waals surface area (Å²) in [6, 6.07) is 0.